The summed E-state index contributed by atoms with van der Waals surface area (Å²) in [6.07, 6.45) is 0. The Labute approximate surface area is 134 Å². The molecule has 0 aliphatic carbocycles. The van der Waals surface area contributed by atoms with E-state index in [0.717, 1.165) is 34.8 Å². The van der Waals surface area contributed by atoms with Gasteiger partial charge in [0, 0.05) is 12.1 Å². The molecule has 0 fully saturated rings. The predicted octanol–water partition coefficient (Wildman–Crippen LogP) is 5.21. The second-order valence-corrected chi connectivity index (χ2v) is 6.69. The monoisotopic (exact) mass is 355 g/mol. The number of hydrogen-bond acceptors (Lipinski definition) is 5. The maximum Gasteiger partial charge on any atom is 0.190 e. The topological polar surface area (TPSA) is 37.8 Å². The zero-order valence-electron chi connectivity index (χ0n) is 11.0. The van der Waals surface area contributed by atoms with Crippen LogP contribution >= 0.6 is 22.7 Å². The van der Waals surface area contributed by atoms with Gasteiger partial charge >= 0.3 is 0 Å². The number of nitrogens with zero attached hydrogens (tertiary/aromatic N) is 2. The van der Waals surface area contributed by atoms with Gasteiger partial charge in [-0.1, -0.05) is 22.7 Å². The summed E-state index contributed by atoms with van der Waals surface area (Å²) < 4.78 is 54.3. The Hall–Kier alpha value is -2.26. The van der Waals surface area contributed by atoms with Gasteiger partial charge in [-0.15, -0.1) is 0 Å². The summed E-state index contributed by atoms with van der Waals surface area (Å²) in [7, 11) is 0. The second-order valence-electron chi connectivity index (χ2n) is 4.63. The van der Waals surface area contributed by atoms with Crippen LogP contribution in [-0.2, 0) is 0 Å². The van der Waals surface area contributed by atoms with E-state index in [4.69, 9.17) is 0 Å². The Balaban J connectivity index is 1.75. The molecule has 0 amide bonds. The summed E-state index contributed by atoms with van der Waals surface area (Å²) in [6.45, 7) is 0. The Bertz CT molecular complexity index is 973. The van der Waals surface area contributed by atoms with Gasteiger partial charge in [0.05, 0.1) is 9.40 Å². The van der Waals surface area contributed by atoms with Crippen LogP contribution in [0, 0.1) is 23.3 Å². The van der Waals surface area contributed by atoms with Gasteiger partial charge in [-0.2, -0.15) is 0 Å². The molecule has 3 nitrogen and oxygen atoms in total. The Morgan fingerprint density at radius 1 is 0.696 bits per heavy atom. The van der Waals surface area contributed by atoms with Crippen LogP contribution in [0.3, 0.4) is 0 Å². The number of anilines is 2. The van der Waals surface area contributed by atoms with Crippen molar-refractivity contribution in [2.45, 2.75) is 0 Å². The molecule has 2 heterocycles. The van der Waals surface area contributed by atoms with Gasteiger partial charge in [0.2, 0.25) is 0 Å². The number of fused-ring (bicyclic) bond motifs is 2. The van der Waals surface area contributed by atoms with Crippen molar-refractivity contribution in [2.75, 3.05) is 5.32 Å². The third-order valence-electron chi connectivity index (χ3n) is 3.04. The molecule has 0 spiro atoms. The summed E-state index contributed by atoms with van der Waals surface area (Å²) in [5, 5.41) is 3.38. The van der Waals surface area contributed by atoms with E-state index in [-0.39, 0.29) is 21.3 Å². The number of rotatable bonds is 2. The minimum atomic E-state index is -0.762. The number of halogens is 4. The highest BCUT2D eigenvalue weighted by Crippen LogP contribution is 2.34. The molecule has 9 heteroatoms. The molecule has 1 N–H and O–H groups in total. The van der Waals surface area contributed by atoms with Crippen LogP contribution in [0.25, 0.3) is 20.4 Å². The molecule has 23 heavy (non-hydrogen) atoms. The maximum absolute atomic E-state index is 13.6. The predicted molar refractivity (Wildman–Crippen MR) is 82.4 cm³/mol. The lowest BCUT2D eigenvalue weighted by Gasteiger charge is -1.94. The lowest BCUT2D eigenvalue weighted by Crippen LogP contribution is -1.88. The molecule has 116 valence electrons. The zero-order valence-corrected chi connectivity index (χ0v) is 12.7. The number of benzene rings is 2. The first-order valence-corrected chi connectivity index (χ1v) is 7.91. The van der Waals surface area contributed by atoms with E-state index in [9.17, 15) is 17.6 Å². The summed E-state index contributed by atoms with van der Waals surface area (Å²) in [4.78, 5) is 8.05. The van der Waals surface area contributed by atoms with Crippen molar-refractivity contribution in [2.24, 2.45) is 0 Å². The van der Waals surface area contributed by atoms with Crippen LogP contribution in [0.15, 0.2) is 24.3 Å². The van der Waals surface area contributed by atoms with E-state index >= 15 is 0 Å². The Morgan fingerprint density at radius 2 is 1.13 bits per heavy atom. The summed E-state index contributed by atoms with van der Waals surface area (Å²) in [6, 6.07) is 3.85. The lowest BCUT2D eigenvalue weighted by atomic mass is 10.3. The molecular formula is C14H5F4N3S2. The average molecular weight is 355 g/mol. The maximum atomic E-state index is 13.6. The van der Waals surface area contributed by atoms with Gasteiger partial charge in [-0.05, 0) is 12.1 Å². The molecule has 2 aromatic heterocycles. The smallest absolute Gasteiger partial charge is 0.190 e. The first-order chi connectivity index (χ1) is 11.0. The van der Waals surface area contributed by atoms with Crippen LogP contribution in [0.5, 0.6) is 0 Å². The minimum Gasteiger partial charge on any atom is -0.307 e. The fourth-order valence-electron chi connectivity index (χ4n) is 2.11. The van der Waals surface area contributed by atoms with Crippen molar-refractivity contribution in [3.8, 4) is 0 Å². The molecule has 0 atom stereocenters. The van der Waals surface area contributed by atoms with Gasteiger partial charge in [0.15, 0.2) is 21.9 Å². The molecule has 0 radical (unpaired) electrons. The third kappa shape index (κ3) is 2.51. The van der Waals surface area contributed by atoms with Crippen LogP contribution in [-0.4, -0.2) is 9.97 Å². The van der Waals surface area contributed by atoms with Crippen LogP contribution in [0.4, 0.5) is 27.8 Å². The Morgan fingerprint density at radius 3 is 1.57 bits per heavy atom. The molecular weight excluding hydrogens is 350 g/mol. The SMILES string of the molecule is Fc1cc(F)c2nc(Nc3nc4c(F)cc(F)cc4s3)sc2c1. The van der Waals surface area contributed by atoms with E-state index in [0.29, 0.717) is 9.40 Å². The molecule has 0 saturated carbocycles. The molecule has 0 unspecified atom stereocenters. The van der Waals surface area contributed by atoms with Gasteiger partial charge in [0.25, 0.3) is 0 Å². The first kappa shape index (κ1) is 14.3. The first-order valence-electron chi connectivity index (χ1n) is 6.28. The highest BCUT2D eigenvalue weighted by Gasteiger charge is 2.14. The second kappa shape index (κ2) is 5.14. The number of hydrogen-bond donors (Lipinski definition) is 1. The quantitative estimate of drug-likeness (QED) is 0.502. The van der Waals surface area contributed by atoms with Crippen molar-refractivity contribution < 1.29 is 17.6 Å². The van der Waals surface area contributed by atoms with Gasteiger partial charge in [-0.25, -0.2) is 27.5 Å². The van der Waals surface area contributed by atoms with Crippen LogP contribution < -0.4 is 5.32 Å². The fraction of sp³-hybridized carbons (Fsp3) is 0. The van der Waals surface area contributed by atoms with Crippen molar-refractivity contribution in [1.82, 2.24) is 9.97 Å². The minimum absolute atomic E-state index is 0.0391. The molecule has 4 aromatic rings. The zero-order chi connectivity index (χ0) is 16.1. The highest BCUT2D eigenvalue weighted by molar-refractivity contribution is 7.24. The van der Waals surface area contributed by atoms with Crippen molar-refractivity contribution >= 4 is 53.4 Å². The highest BCUT2D eigenvalue weighted by atomic mass is 32.1. The average Bonchev–Trinajstić information content (AvgIpc) is 3.02. The van der Waals surface area contributed by atoms with Gasteiger partial charge in [-0.3, -0.25) is 0 Å². The van der Waals surface area contributed by atoms with E-state index in [2.05, 4.69) is 15.3 Å². The number of aromatic nitrogens is 2. The summed E-state index contributed by atoms with van der Waals surface area (Å²) in [5.74, 6) is -2.91. The van der Waals surface area contributed by atoms with Gasteiger partial charge < -0.3 is 5.32 Å². The molecule has 0 aliphatic heterocycles. The molecule has 2 aromatic carbocycles. The van der Waals surface area contributed by atoms with Crippen molar-refractivity contribution in [1.29, 1.82) is 0 Å². The molecule has 4 rings (SSSR count). The standard InChI is InChI=1S/C14H5F4N3S2/c15-5-1-7(17)11-9(3-5)22-13(19-11)21-14-20-12-8(18)2-6(16)4-10(12)23-14/h1-4H,(H,19,20,21). The largest absolute Gasteiger partial charge is 0.307 e. The number of nitrogens with one attached hydrogen (secondary N) is 1. The fourth-order valence-corrected chi connectivity index (χ4v) is 3.99. The van der Waals surface area contributed by atoms with Crippen molar-refractivity contribution in [3.05, 3.63) is 47.5 Å². The van der Waals surface area contributed by atoms with Gasteiger partial charge in [0.1, 0.15) is 22.7 Å². The molecule has 0 bridgehead atoms. The molecule has 0 aliphatic rings. The van der Waals surface area contributed by atoms with Crippen LogP contribution in [0.1, 0.15) is 0 Å². The van der Waals surface area contributed by atoms with E-state index in [1.165, 1.54) is 12.1 Å². The Kier molecular flexibility index (Phi) is 3.20. The van der Waals surface area contributed by atoms with E-state index in [1.54, 1.807) is 0 Å². The normalized spacial score (nSPS) is 11.5. The van der Waals surface area contributed by atoms with E-state index < -0.39 is 23.3 Å². The summed E-state index contributed by atoms with van der Waals surface area (Å²) in [5.41, 5.74) is 0.0782. The van der Waals surface area contributed by atoms with E-state index in [1.807, 2.05) is 0 Å². The van der Waals surface area contributed by atoms with Crippen molar-refractivity contribution in [3.63, 3.8) is 0 Å². The lowest BCUT2D eigenvalue weighted by molar-refractivity contribution is 0.590. The van der Waals surface area contributed by atoms with Crippen LogP contribution in [0.2, 0.25) is 0 Å². The summed E-state index contributed by atoms with van der Waals surface area (Å²) >= 11 is 2.07. The number of thiazole rings is 2. The third-order valence-corrected chi connectivity index (χ3v) is 4.88. The molecule has 0 saturated heterocycles.